The van der Waals surface area contributed by atoms with E-state index in [4.69, 9.17) is 4.74 Å². The van der Waals surface area contributed by atoms with E-state index in [0.717, 1.165) is 22.8 Å². The molecule has 0 heterocycles. The molecular formula is C21H29N3O3S. The van der Waals surface area contributed by atoms with Crippen LogP contribution in [0.4, 0.5) is 0 Å². The topological polar surface area (TPSA) is 71.0 Å². The first-order valence-electron chi connectivity index (χ1n) is 9.22. The molecule has 2 aromatic carbocycles. The lowest BCUT2D eigenvalue weighted by Gasteiger charge is -2.22. The van der Waals surface area contributed by atoms with Gasteiger partial charge in [0.25, 0.3) is 0 Å². The summed E-state index contributed by atoms with van der Waals surface area (Å²) in [5, 5.41) is 3.24. The molecule has 152 valence electrons. The van der Waals surface area contributed by atoms with Gasteiger partial charge >= 0.3 is 0 Å². The summed E-state index contributed by atoms with van der Waals surface area (Å²) in [6, 6.07) is 17.2. The number of sulfone groups is 1. The van der Waals surface area contributed by atoms with Gasteiger partial charge in [0.05, 0.1) is 18.6 Å². The molecule has 0 bridgehead atoms. The van der Waals surface area contributed by atoms with Crippen LogP contribution in [-0.4, -0.2) is 52.8 Å². The van der Waals surface area contributed by atoms with Crippen LogP contribution >= 0.6 is 0 Å². The van der Waals surface area contributed by atoms with E-state index in [-0.39, 0.29) is 11.5 Å². The fourth-order valence-corrected chi connectivity index (χ4v) is 4.29. The van der Waals surface area contributed by atoms with E-state index >= 15 is 0 Å². The normalized spacial score (nSPS) is 11.9. The van der Waals surface area contributed by atoms with Crippen molar-refractivity contribution in [3.8, 4) is 5.75 Å². The fraction of sp³-hybridized carbons (Fsp3) is 0.381. The van der Waals surface area contributed by atoms with Crippen LogP contribution in [0, 0.1) is 0 Å². The Morgan fingerprint density at radius 2 is 1.75 bits per heavy atom. The van der Waals surface area contributed by atoms with Crippen molar-refractivity contribution in [3.63, 3.8) is 0 Å². The Balaban J connectivity index is 1.78. The Morgan fingerprint density at radius 1 is 1.07 bits per heavy atom. The van der Waals surface area contributed by atoms with Crippen LogP contribution in [0.3, 0.4) is 0 Å². The molecule has 0 saturated carbocycles. The summed E-state index contributed by atoms with van der Waals surface area (Å²) in [4.78, 5) is 6.28. The Morgan fingerprint density at radius 3 is 2.36 bits per heavy atom. The highest BCUT2D eigenvalue weighted by Gasteiger charge is 2.12. The summed E-state index contributed by atoms with van der Waals surface area (Å²) in [6.45, 7) is 1.24. The molecule has 0 radical (unpaired) electrons. The Bertz CT molecular complexity index is 850. The Hall–Kier alpha value is -2.54. The molecular weight excluding hydrogens is 374 g/mol. The molecule has 1 N–H and O–H groups in total. The third-order valence-corrected chi connectivity index (χ3v) is 5.98. The van der Waals surface area contributed by atoms with Crippen LogP contribution < -0.4 is 10.1 Å². The molecule has 7 heteroatoms. The number of hydrogen-bond acceptors (Lipinski definition) is 4. The maximum absolute atomic E-state index is 12.3. The van der Waals surface area contributed by atoms with Gasteiger partial charge in [-0.05, 0) is 29.7 Å². The van der Waals surface area contributed by atoms with Crippen molar-refractivity contribution < 1.29 is 13.2 Å². The van der Waals surface area contributed by atoms with E-state index in [1.165, 1.54) is 0 Å². The molecule has 0 unspecified atom stereocenters. The molecule has 2 aromatic rings. The van der Waals surface area contributed by atoms with Gasteiger partial charge in [0.1, 0.15) is 5.75 Å². The van der Waals surface area contributed by atoms with Crippen molar-refractivity contribution in [3.05, 3.63) is 65.7 Å². The third-order valence-electron chi connectivity index (χ3n) is 4.30. The van der Waals surface area contributed by atoms with Gasteiger partial charge in [-0.15, -0.1) is 0 Å². The van der Waals surface area contributed by atoms with Crippen molar-refractivity contribution in [1.82, 2.24) is 10.2 Å². The number of guanidine groups is 1. The maximum Gasteiger partial charge on any atom is 0.193 e. The molecule has 6 nitrogen and oxygen atoms in total. The summed E-state index contributed by atoms with van der Waals surface area (Å²) < 4.78 is 29.7. The smallest absolute Gasteiger partial charge is 0.193 e. The molecule has 0 aliphatic rings. The second kappa shape index (κ2) is 10.7. The molecule has 0 saturated heterocycles. The summed E-state index contributed by atoms with van der Waals surface area (Å²) in [7, 11) is 2.20. The zero-order valence-corrected chi connectivity index (χ0v) is 17.6. The number of aliphatic imine (C=N–C) groups is 1. The molecule has 0 fully saturated rings. The average Bonchev–Trinajstić information content (AvgIpc) is 2.69. The van der Waals surface area contributed by atoms with E-state index in [1.807, 2.05) is 66.5 Å². The number of benzene rings is 2. The molecule has 0 spiro atoms. The maximum atomic E-state index is 12.3. The van der Waals surface area contributed by atoms with Crippen molar-refractivity contribution in [1.29, 1.82) is 0 Å². The van der Waals surface area contributed by atoms with Gasteiger partial charge in [-0.2, -0.15) is 0 Å². The number of nitrogens with one attached hydrogen (secondary N) is 1. The highest BCUT2D eigenvalue weighted by Crippen LogP contribution is 2.12. The van der Waals surface area contributed by atoms with Gasteiger partial charge in [0.2, 0.25) is 0 Å². The summed E-state index contributed by atoms with van der Waals surface area (Å²) in [5.74, 6) is 1.79. The van der Waals surface area contributed by atoms with Crippen LogP contribution in [0.5, 0.6) is 5.75 Å². The van der Waals surface area contributed by atoms with Crippen LogP contribution in [0.1, 0.15) is 17.5 Å². The Labute approximate surface area is 168 Å². The van der Waals surface area contributed by atoms with E-state index in [9.17, 15) is 8.42 Å². The Kier molecular flexibility index (Phi) is 8.32. The lowest BCUT2D eigenvalue weighted by molar-refractivity contribution is 0.414. The molecule has 0 atom stereocenters. The first-order valence-corrected chi connectivity index (χ1v) is 11.0. The number of rotatable bonds is 9. The quantitative estimate of drug-likeness (QED) is 0.396. The predicted octanol–water partition coefficient (Wildman–Crippen LogP) is 2.71. The summed E-state index contributed by atoms with van der Waals surface area (Å²) in [5.41, 5.74) is 1.96. The molecule has 28 heavy (non-hydrogen) atoms. The zero-order valence-electron chi connectivity index (χ0n) is 16.8. The second-order valence-corrected chi connectivity index (χ2v) is 8.79. The van der Waals surface area contributed by atoms with Crippen LogP contribution in [0.15, 0.2) is 59.6 Å². The lowest BCUT2D eigenvalue weighted by atomic mass is 10.2. The van der Waals surface area contributed by atoms with Gasteiger partial charge in [-0.1, -0.05) is 42.5 Å². The van der Waals surface area contributed by atoms with E-state index in [2.05, 4.69) is 10.3 Å². The highest BCUT2D eigenvalue weighted by atomic mass is 32.2. The van der Waals surface area contributed by atoms with Crippen molar-refractivity contribution in [2.45, 2.75) is 18.7 Å². The zero-order chi connectivity index (χ0) is 20.4. The number of methoxy groups -OCH3 is 1. The molecule has 0 aliphatic carbocycles. The van der Waals surface area contributed by atoms with Crippen molar-refractivity contribution >= 4 is 15.8 Å². The van der Waals surface area contributed by atoms with Crippen molar-refractivity contribution in [2.75, 3.05) is 33.5 Å². The van der Waals surface area contributed by atoms with Crippen LogP contribution in [0.2, 0.25) is 0 Å². The fourth-order valence-electron chi connectivity index (χ4n) is 2.86. The molecule has 0 aliphatic heterocycles. The minimum absolute atomic E-state index is 0.0833. The highest BCUT2D eigenvalue weighted by molar-refractivity contribution is 7.90. The largest absolute Gasteiger partial charge is 0.497 e. The minimum atomic E-state index is -3.12. The monoisotopic (exact) mass is 403 g/mol. The second-order valence-electron chi connectivity index (χ2n) is 6.61. The SMILES string of the molecule is CN=C(NCCCS(=O)(=O)Cc1ccccc1)N(C)Cc1ccc(OC)cc1. The molecule has 0 amide bonds. The first kappa shape index (κ1) is 21.8. The summed E-state index contributed by atoms with van der Waals surface area (Å²) in [6.07, 6.45) is 0.532. The average molecular weight is 404 g/mol. The van der Waals surface area contributed by atoms with Crippen molar-refractivity contribution in [2.24, 2.45) is 4.99 Å². The number of nitrogens with zero attached hydrogens (tertiary/aromatic N) is 2. The number of ether oxygens (including phenoxy) is 1. The van der Waals surface area contributed by atoms with E-state index < -0.39 is 9.84 Å². The third kappa shape index (κ3) is 7.23. The van der Waals surface area contributed by atoms with Crippen LogP contribution in [0.25, 0.3) is 0 Å². The number of hydrogen-bond donors (Lipinski definition) is 1. The van der Waals surface area contributed by atoms with Gasteiger partial charge in [-0.3, -0.25) is 4.99 Å². The predicted molar refractivity (Wildman–Crippen MR) is 114 cm³/mol. The minimum Gasteiger partial charge on any atom is -0.497 e. The molecule has 2 rings (SSSR count). The van der Waals surface area contributed by atoms with E-state index in [1.54, 1.807) is 14.2 Å². The van der Waals surface area contributed by atoms with Gasteiger partial charge in [0, 0.05) is 27.2 Å². The lowest BCUT2D eigenvalue weighted by Crippen LogP contribution is -2.39. The van der Waals surface area contributed by atoms with Crippen LogP contribution in [-0.2, 0) is 22.1 Å². The molecule has 0 aromatic heterocycles. The van der Waals surface area contributed by atoms with Gasteiger partial charge in [-0.25, -0.2) is 8.42 Å². The first-order chi connectivity index (χ1) is 13.4. The van der Waals surface area contributed by atoms with Gasteiger partial charge < -0.3 is 15.0 Å². The summed E-state index contributed by atoms with van der Waals surface area (Å²) >= 11 is 0. The van der Waals surface area contributed by atoms with E-state index in [0.29, 0.717) is 19.5 Å². The van der Waals surface area contributed by atoms with Gasteiger partial charge in [0.15, 0.2) is 15.8 Å². The standard InChI is InChI=1S/C21H29N3O3S/c1-22-21(24(2)16-18-10-12-20(27-3)13-11-18)23-14-7-15-28(25,26)17-19-8-5-4-6-9-19/h4-6,8-13H,7,14-17H2,1-3H3,(H,22,23).